The number of carbonyl (C=O) groups is 3. The van der Waals surface area contributed by atoms with E-state index in [4.69, 9.17) is 9.47 Å². The highest BCUT2D eigenvalue weighted by molar-refractivity contribution is 7.90. The first-order valence-corrected chi connectivity index (χ1v) is 13.0. The van der Waals surface area contributed by atoms with Gasteiger partial charge in [-0.05, 0) is 38.5 Å². The van der Waals surface area contributed by atoms with Crippen LogP contribution in [0.1, 0.15) is 28.2 Å². The summed E-state index contributed by atoms with van der Waals surface area (Å²) in [6, 6.07) is 7.51. The first-order valence-electron chi connectivity index (χ1n) is 10.9. The number of benzene rings is 1. The fraction of sp³-hybridized carbons (Fsp3) is 0.435. The Morgan fingerprint density at radius 1 is 1.18 bits per heavy atom. The molecule has 0 spiro atoms. The maximum atomic E-state index is 13.0. The predicted molar refractivity (Wildman–Crippen MR) is 123 cm³/mol. The van der Waals surface area contributed by atoms with Crippen LogP contribution >= 0.6 is 0 Å². The van der Waals surface area contributed by atoms with E-state index in [0.29, 0.717) is 35.9 Å². The monoisotopic (exact) mass is 489 g/mol. The Morgan fingerprint density at radius 2 is 1.88 bits per heavy atom. The molecule has 2 aliphatic heterocycles. The number of hydrogen-bond donors (Lipinski definition) is 1. The number of para-hydroxylation sites is 2. The minimum absolute atomic E-state index is 0.0325. The summed E-state index contributed by atoms with van der Waals surface area (Å²) in [7, 11) is -3.28. The average molecular weight is 490 g/mol. The van der Waals surface area contributed by atoms with Crippen LogP contribution in [-0.4, -0.2) is 72.9 Å². The van der Waals surface area contributed by atoms with Crippen molar-refractivity contribution >= 4 is 27.6 Å². The van der Waals surface area contributed by atoms with E-state index in [2.05, 4.69) is 5.32 Å². The second-order valence-electron chi connectivity index (χ2n) is 8.66. The molecule has 34 heavy (non-hydrogen) atoms. The molecule has 0 aliphatic carbocycles. The molecule has 0 saturated carbocycles. The van der Waals surface area contributed by atoms with Crippen LogP contribution in [-0.2, 0) is 21.2 Å². The molecule has 2 atom stereocenters. The van der Waals surface area contributed by atoms with Crippen molar-refractivity contribution in [3.05, 3.63) is 47.3 Å². The summed E-state index contributed by atoms with van der Waals surface area (Å²) < 4.78 is 36.5. The van der Waals surface area contributed by atoms with Crippen molar-refractivity contribution in [2.24, 2.45) is 0 Å². The molecular formula is C23H27N3O7S. The number of rotatable bonds is 8. The van der Waals surface area contributed by atoms with E-state index in [1.54, 1.807) is 13.0 Å². The zero-order chi connectivity index (χ0) is 24.6. The third kappa shape index (κ3) is 4.93. The molecule has 4 rings (SSSR count). The van der Waals surface area contributed by atoms with Crippen molar-refractivity contribution in [1.29, 1.82) is 0 Å². The van der Waals surface area contributed by atoms with Gasteiger partial charge in [0, 0.05) is 23.2 Å². The van der Waals surface area contributed by atoms with Crippen LogP contribution in [0.2, 0.25) is 0 Å². The molecule has 3 amide bonds. The van der Waals surface area contributed by atoms with Crippen LogP contribution < -0.4 is 14.8 Å². The van der Waals surface area contributed by atoms with Gasteiger partial charge in [-0.15, -0.1) is 0 Å². The number of Topliss-reactive ketones (excluding diaryl/α,β-unsaturated/α-hetero) is 1. The van der Waals surface area contributed by atoms with Gasteiger partial charge in [-0.2, -0.15) is 0 Å². The number of sulfone groups is 1. The summed E-state index contributed by atoms with van der Waals surface area (Å²) >= 11 is 0. The third-order valence-electron chi connectivity index (χ3n) is 6.01. The lowest BCUT2D eigenvalue weighted by Gasteiger charge is -2.27. The standard InChI is InChI=1S/C23H27N3O7S/c1-14-10-17(15(2)25(14)11-16-13-32-20-6-4-5-7-21(20)33-16)19(27)12-26-22(28)18(24-23(26)29)8-9-34(3,30)31/h4-7,10,16,18H,8-9,11-13H2,1-3H3,(H,24,29)/t16-,18+/m0/s1. The summed E-state index contributed by atoms with van der Waals surface area (Å²) in [6.45, 7) is 4.10. The second-order valence-corrected chi connectivity index (χ2v) is 10.9. The smallest absolute Gasteiger partial charge is 0.325 e. The number of urea groups is 1. The Labute approximate surface area is 197 Å². The predicted octanol–water partition coefficient (Wildman–Crippen LogP) is 1.48. The molecular weight excluding hydrogens is 462 g/mol. The van der Waals surface area contributed by atoms with Gasteiger partial charge >= 0.3 is 6.03 Å². The van der Waals surface area contributed by atoms with E-state index in [1.165, 1.54) is 0 Å². The minimum atomic E-state index is -3.28. The lowest BCUT2D eigenvalue weighted by Crippen LogP contribution is -2.36. The summed E-state index contributed by atoms with van der Waals surface area (Å²) in [5.74, 6) is 0.157. The number of aromatic nitrogens is 1. The van der Waals surface area contributed by atoms with E-state index >= 15 is 0 Å². The third-order valence-corrected chi connectivity index (χ3v) is 6.99. The van der Waals surface area contributed by atoms with Crippen molar-refractivity contribution in [2.75, 3.05) is 25.2 Å². The normalized spacial score (nSPS) is 19.9. The Balaban J connectivity index is 1.43. The molecule has 2 aromatic rings. The van der Waals surface area contributed by atoms with Crippen molar-refractivity contribution < 1.29 is 32.3 Å². The zero-order valence-corrected chi connectivity index (χ0v) is 20.1. The minimum Gasteiger partial charge on any atom is -0.486 e. The molecule has 1 aromatic carbocycles. The van der Waals surface area contributed by atoms with Crippen LogP contribution in [0, 0.1) is 13.8 Å². The summed E-state index contributed by atoms with van der Waals surface area (Å²) in [6.07, 6.45) is 0.785. The first kappa shape index (κ1) is 23.8. The Hall–Kier alpha value is -3.34. The van der Waals surface area contributed by atoms with Crippen molar-refractivity contribution in [1.82, 2.24) is 14.8 Å². The Bertz CT molecular complexity index is 1250. The number of imide groups is 1. The van der Waals surface area contributed by atoms with Gasteiger partial charge in [-0.1, -0.05) is 12.1 Å². The fourth-order valence-electron chi connectivity index (χ4n) is 4.20. The highest BCUT2D eigenvalue weighted by atomic mass is 32.2. The molecule has 0 radical (unpaired) electrons. The quantitative estimate of drug-likeness (QED) is 0.440. The molecule has 1 saturated heterocycles. The number of hydrogen-bond acceptors (Lipinski definition) is 7. The number of aryl methyl sites for hydroxylation is 1. The van der Waals surface area contributed by atoms with Crippen molar-refractivity contribution in [3.8, 4) is 11.5 Å². The maximum absolute atomic E-state index is 13.0. The largest absolute Gasteiger partial charge is 0.486 e. The molecule has 0 unspecified atom stereocenters. The topological polar surface area (TPSA) is 124 Å². The summed E-state index contributed by atoms with van der Waals surface area (Å²) in [5.41, 5.74) is 1.95. The number of amides is 3. The Morgan fingerprint density at radius 3 is 2.59 bits per heavy atom. The van der Waals surface area contributed by atoms with Gasteiger partial charge in [-0.3, -0.25) is 14.5 Å². The number of nitrogens with one attached hydrogen (secondary N) is 1. The molecule has 1 fully saturated rings. The molecule has 182 valence electrons. The molecule has 0 bridgehead atoms. The van der Waals surface area contributed by atoms with Gasteiger partial charge in [0.05, 0.1) is 18.8 Å². The number of nitrogens with zero attached hydrogens (tertiary/aromatic N) is 2. The van der Waals surface area contributed by atoms with Crippen molar-refractivity contribution in [3.63, 3.8) is 0 Å². The highest BCUT2D eigenvalue weighted by Crippen LogP contribution is 2.31. The van der Waals surface area contributed by atoms with Gasteiger partial charge in [0.25, 0.3) is 5.91 Å². The average Bonchev–Trinajstić information content (AvgIpc) is 3.21. The lowest BCUT2D eigenvalue weighted by molar-refractivity contribution is -0.127. The maximum Gasteiger partial charge on any atom is 0.325 e. The van der Waals surface area contributed by atoms with Crippen LogP contribution in [0.25, 0.3) is 0 Å². The van der Waals surface area contributed by atoms with Gasteiger partial charge in [0.1, 0.15) is 22.5 Å². The first-order chi connectivity index (χ1) is 16.0. The van der Waals surface area contributed by atoms with Crippen LogP contribution in [0.3, 0.4) is 0 Å². The van der Waals surface area contributed by atoms with Gasteiger partial charge in [0.15, 0.2) is 23.4 Å². The van der Waals surface area contributed by atoms with Crippen LogP contribution in [0.5, 0.6) is 11.5 Å². The van der Waals surface area contributed by atoms with E-state index in [-0.39, 0.29) is 24.1 Å². The number of ether oxygens (including phenoxy) is 2. The fourth-order valence-corrected chi connectivity index (χ4v) is 4.87. The number of carbonyl (C=O) groups excluding carboxylic acids is 3. The summed E-state index contributed by atoms with van der Waals surface area (Å²) in [5, 5.41) is 2.46. The molecule has 3 heterocycles. The molecule has 2 aliphatic rings. The molecule has 1 aromatic heterocycles. The molecule has 11 heteroatoms. The van der Waals surface area contributed by atoms with Crippen LogP contribution in [0.4, 0.5) is 4.79 Å². The summed E-state index contributed by atoms with van der Waals surface area (Å²) in [4.78, 5) is 38.7. The van der Waals surface area contributed by atoms with Gasteiger partial charge in [0.2, 0.25) is 0 Å². The number of fused-ring (bicyclic) bond motifs is 1. The van der Waals surface area contributed by atoms with Crippen molar-refractivity contribution in [2.45, 2.75) is 39.0 Å². The molecule has 1 N–H and O–H groups in total. The highest BCUT2D eigenvalue weighted by Gasteiger charge is 2.39. The van der Waals surface area contributed by atoms with Gasteiger partial charge < -0.3 is 19.4 Å². The lowest BCUT2D eigenvalue weighted by atomic mass is 10.1. The number of ketones is 1. The molecule has 10 nitrogen and oxygen atoms in total. The zero-order valence-electron chi connectivity index (χ0n) is 19.2. The van der Waals surface area contributed by atoms with E-state index in [0.717, 1.165) is 16.8 Å². The van der Waals surface area contributed by atoms with Gasteiger partial charge in [-0.25, -0.2) is 13.2 Å². The second kappa shape index (κ2) is 9.13. The van der Waals surface area contributed by atoms with E-state index < -0.39 is 34.4 Å². The Kier molecular flexibility index (Phi) is 6.39. The SMILES string of the molecule is Cc1cc(C(=O)CN2C(=O)N[C@H](CCS(C)(=O)=O)C2=O)c(C)n1C[C@H]1COc2ccccc2O1. The van der Waals surface area contributed by atoms with E-state index in [1.807, 2.05) is 35.8 Å². The van der Waals surface area contributed by atoms with Crippen LogP contribution in [0.15, 0.2) is 30.3 Å². The van der Waals surface area contributed by atoms with E-state index in [9.17, 15) is 22.8 Å².